The maximum absolute atomic E-state index is 12.3. The molecule has 1 fully saturated rings. The number of likely N-dealkylation sites (tertiary alicyclic amines) is 1. The Morgan fingerprint density at radius 1 is 1.35 bits per heavy atom. The first kappa shape index (κ1) is 18.9. The molecule has 0 radical (unpaired) electrons. The van der Waals surface area contributed by atoms with Gasteiger partial charge in [-0.2, -0.15) is 0 Å². The lowest BCUT2D eigenvalue weighted by Gasteiger charge is -2.25. The maximum Gasteiger partial charge on any atom is 0.303 e. The second-order valence-electron chi connectivity index (χ2n) is 5.44. The van der Waals surface area contributed by atoms with Crippen LogP contribution in [0, 0.1) is 0 Å². The topological polar surface area (TPSA) is 142 Å². The third-order valence-corrected chi connectivity index (χ3v) is 3.68. The zero-order chi connectivity index (χ0) is 17.4. The van der Waals surface area contributed by atoms with Crippen molar-refractivity contribution in [1.29, 1.82) is 0 Å². The standard InChI is InChI=1S/C14H24N4O5/c1-9(19)18-8-2-3-11(18)14(23)17-10(4-5-12(20)21)13(22)16-7-6-15/h10-11H,2-8,15H2,1H3,(H,16,22)(H,17,23)(H,20,21). The summed E-state index contributed by atoms with van der Waals surface area (Å²) in [6.45, 7) is 2.38. The van der Waals surface area contributed by atoms with Gasteiger partial charge in [-0.15, -0.1) is 0 Å². The molecule has 23 heavy (non-hydrogen) atoms. The van der Waals surface area contributed by atoms with Gasteiger partial charge in [-0.25, -0.2) is 0 Å². The molecule has 1 rings (SSSR count). The molecule has 1 saturated heterocycles. The number of nitrogens with one attached hydrogen (secondary N) is 2. The fraction of sp³-hybridized carbons (Fsp3) is 0.714. The van der Waals surface area contributed by atoms with Gasteiger partial charge in [0.15, 0.2) is 0 Å². The predicted molar refractivity (Wildman–Crippen MR) is 81.3 cm³/mol. The molecule has 2 atom stereocenters. The largest absolute Gasteiger partial charge is 0.481 e. The van der Waals surface area contributed by atoms with Crippen molar-refractivity contribution in [2.75, 3.05) is 19.6 Å². The highest BCUT2D eigenvalue weighted by Gasteiger charge is 2.34. The minimum atomic E-state index is -1.05. The summed E-state index contributed by atoms with van der Waals surface area (Å²) in [5, 5.41) is 13.9. The predicted octanol–water partition coefficient (Wildman–Crippen LogP) is -1.58. The summed E-state index contributed by atoms with van der Waals surface area (Å²) in [6.07, 6.45) is 0.977. The van der Waals surface area contributed by atoms with Crippen LogP contribution in [-0.2, 0) is 19.2 Å². The Hall–Kier alpha value is -2.16. The van der Waals surface area contributed by atoms with Gasteiger partial charge in [0, 0.05) is 33.0 Å². The molecule has 0 bridgehead atoms. The van der Waals surface area contributed by atoms with Crippen LogP contribution in [0.25, 0.3) is 0 Å². The summed E-state index contributed by atoms with van der Waals surface area (Å²) in [5.74, 6) is -2.16. The Morgan fingerprint density at radius 2 is 2.04 bits per heavy atom. The minimum absolute atomic E-state index is 0.0235. The molecule has 0 aromatic rings. The Labute approximate surface area is 134 Å². The van der Waals surface area contributed by atoms with E-state index in [9.17, 15) is 19.2 Å². The van der Waals surface area contributed by atoms with Crippen molar-refractivity contribution in [2.45, 2.75) is 44.7 Å². The summed E-state index contributed by atoms with van der Waals surface area (Å²) < 4.78 is 0. The van der Waals surface area contributed by atoms with Gasteiger partial charge in [0.25, 0.3) is 0 Å². The van der Waals surface area contributed by atoms with Gasteiger partial charge in [-0.05, 0) is 19.3 Å². The summed E-state index contributed by atoms with van der Waals surface area (Å²) >= 11 is 0. The molecule has 3 amide bonds. The van der Waals surface area contributed by atoms with Gasteiger partial charge in [0.05, 0.1) is 0 Å². The van der Waals surface area contributed by atoms with E-state index in [1.165, 1.54) is 11.8 Å². The van der Waals surface area contributed by atoms with Crippen LogP contribution < -0.4 is 16.4 Å². The molecular weight excluding hydrogens is 304 g/mol. The first-order valence-corrected chi connectivity index (χ1v) is 7.64. The number of aliphatic carboxylic acids is 1. The van der Waals surface area contributed by atoms with Crippen LogP contribution in [0.1, 0.15) is 32.6 Å². The quantitative estimate of drug-likeness (QED) is 0.424. The second kappa shape index (κ2) is 9.09. The highest BCUT2D eigenvalue weighted by molar-refractivity contribution is 5.92. The molecule has 1 aliphatic rings. The van der Waals surface area contributed by atoms with Crippen LogP contribution in [-0.4, -0.2) is 65.4 Å². The SMILES string of the molecule is CC(=O)N1CCCC1C(=O)NC(CCC(=O)O)C(=O)NCCN. The number of hydrogen-bond acceptors (Lipinski definition) is 5. The molecule has 9 heteroatoms. The van der Waals surface area contributed by atoms with Crippen LogP contribution >= 0.6 is 0 Å². The van der Waals surface area contributed by atoms with E-state index in [0.717, 1.165) is 6.42 Å². The van der Waals surface area contributed by atoms with Gasteiger partial charge in [0.1, 0.15) is 12.1 Å². The molecule has 5 N–H and O–H groups in total. The Balaban J connectivity index is 2.70. The van der Waals surface area contributed by atoms with Gasteiger partial charge in [-0.1, -0.05) is 0 Å². The molecule has 2 unspecified atom stereocenters. The number of nitrogens with two attached hydrogens (primary N) is 1. The van der Waals surface area contributed by atoms with Crippen molar-refractivity contribution in [3.05, 3.63) is 0 Å². The fourth-order valence-electron chi connectivity index (χ4n) is 2.54. The maximum atomic E-state index is 12.3. The number of carbonyl (C=O) groups is 4. The first-order valence-electron chi connectivity index (χ1n) is 7.64. The Morgan fingerprint density at radius 3 is 2.61 bits per heavy atom. The molecule has 0 spiro atoms. The van der Waals surface area contributed by atoms with E-state index in [-0.39, 0.29) is 31.8 Å². The molecule has 0 aromatic heterocycles. The van der Waals surface area contributed by atoms with Crippen molar-refractivity contribution in [1.82, 2.24) is 15.5 Å². The summed E-state index contributed by atoms with van der Waals surface area (Å²) in [5.41, 5.74) is 5.31. The van der Waals surface area contributed by atoms with E-state index in [0.29, 0.717) is 13.0 Å². The Kier molecular flexibility index (Phi) is 7.46. The lowest BCUT2D eigenvalue weighted by Crippen LogP contribution is -2.53. The molecule has 0 saturated carbocycles. The number of amides is 3. The van der Waals surface area contributed by atoms with Gasteiger partial charge >= 0.3 is 5.97 Å². The average Bonchev–Trinajstić information content (AvgIpc) is 2.98. The minimum Gasteiger partial charge on any atom is -0.481 e. The summed E-state index contributed by atoms with van der Waals surface area (Å²) in [6, 6.07) is -1.57. The second-order valence-corrected chi connectivity index (χ2v) is 5.44. The first-order chi connectivity index (χ1) is 10.9. The molecule has 1 aliphatic heterocycles. The van der Waals surface area contributed by atoms with Gasteiger partial charge < -0.3 is 26.4 Å². The lowest BCUT2D eigenvalue weighted by molar-refractivity contribution is -0.139. The monoisotopic (exact) mass is 328 g/mol. The van der Waals surface area contributed by atoms with Crippen LogP contribution in [0.5, 0.6) is 0 Å². The number of carboxylic acid groups (broad SMARTS) is 1. The van der Waals surface area contributed by atoms with E-state index in [1.807, 2.05) is 0 Å². The number of carboxylic acids is 1. The van der Waals surface area contributed by atoms with E-state index in [2.05, 4.69) is 10.6 Å². The van der Waals surface area contributed by atoms with Gasteiger partial charge in [-0.3, -0.25) is 19.2 Å². The molecule has 1 heterocycles. The zero-order valence-corrected chi connectivity index (χ0v) is 13.2. The summed E-state index contributed by atoms with van der Waals surface area (Å²) in [4.78, 5) is 48.0. The van der Waals surface area contributed by atoms with Crippen LogP contribution in [0.2, 0.25) is 0 Å². The van der Waals surface area contributed by atoms with Crippen molar-refractivity contribution < 1.29 is 24.3 Å². The van der Waals surface area contributed by atoms with Crippen molar-refractivity contribution >= 4 is 23.7 Å². The van der Waals surface area contributed by atoms with E-state index in [4.69, 9.17) is 10.8 Å². The highest BCUT2D eigenvalue weighted by atomic mass is 16.4. The number of carbonyl (C=O) groups excluding carboxylic acids is 3. The van der Waals surface area contributed by atoms with E-state index >= 15 is 0 Å². The van der Waals surface area contributed by atoms with E-state index in [1.54, 1.807) is 0 Å². The Bertz CT molecular complexity index is 468. The van der Waals surface area contributed by atoms with Gasteiger partial charge in [0.2, 0.25) is 17.7 Å². The number of nitrogens with zero attached hydrogens (tertiary/aromatic N) is 1. The molecule has 9 nitrogen and oxygen atoms in total. The number of hydrogen-bond donors (Lipinski definition) is 4. The highest BCUT2D eigenvalue weighted by Crippen LogP contribution is 2.17. The van der Waals surface area contributed by atoms with Crippen molar-refractivity contribution in [3.8, 4) is 0 Å². The van der Waals surface area contributed by atoms with Crippen molar-refractivity contribution in [2.24, 2.45) is 5.73 Å². The molecular formula is C14H24N4O5. The van der Waals surface area contributed by atoms with Crippen LogP contribution in [0.4, 0.5) is 0 Å². The lowest BCUT2D eigenvalue weighted by atomic mass is 10.1. The third-order valence-electron chi connectivity index (χ3n) is 3.68. The normalized spacial score (nSPS) is 18.3. The average molecular weight is 328 g/mol. The smallest absolute Gasteiger partial charge is 0.303 e. The molecule has 0 aromatic carbocycles. The summed E-state index contributed by atoms with van der Waals surface area (Å²) in [7, 11) is 0. The molecule has 0 aliphatic carbocycles. The van der Waals surface area contributed by atoms with Crippen LogP contribution in [0.3, 0.4) is 0 Å². The van der Waals surface area contributed by atoms with Crippen molar-refractivity contribution in [3.63, 3.8) is 0 Å². The van der Waals surface area contributed by atoms with Crippen LogP contribution in [0.15, 0.2) is 0 Å². The zero-order valence-electron chi connectivity index (χ0n) is 13.2. The number of rotatable bonds is 8. The third kappa shape index (κ3) is 5.85. The fourth-order valence-corrected chi connectivity index (χ4v) is 2.54. The van der Waals surface area contributed by atoms with E-state index < -0.39 is 29.9 Å². The molecule has 130 valence electrons.